The number of ether oxygens (including phenoxy) is 2. The Bertz CT molecular complexity index is 892. The topological polar surface area (TPSA) is 76.7 Å². The highest BCUT2D eigenvalue weighted by Crippen LogP contribution is 2.35. The van der Waals surface area contributed by atoms with E-state index in [1.165, 1.54) is 18.4 Å². The Hall–Kier alpha value is -1.64. The first-order valence-electron chi connectivity index (χ1n) is 7.62. The number of thiazole rings is 1. The van der Waals surface area contributed by atoms with Crippen LogP contribution >= 0.6 is 22.9 Å². The molecule has 0 aliphatic heterocycles. The highest BCUT2D eigenvalue weighted by atomic mass is 35.5. The zero-order valence-corrected chi connectivity index (χ0v) is 15.6. The third-order valence-corrected chi connectivity index (χ3v) is 5.33. The van der Waals surface area contributed by atoms with Crippen LogP contribution in [0.5, 0.6) is 5.75 Å². The van der Waals surface area contributed by atoms with Crippen LogP contribution in [0.1, 0.15) is 22.2 Å². The Balaban J connectivity index is 2.17. The van der Waals surface area contributed by atoms with Crippen molar-refractivity contribution in [1.82, 2.24) is 9.55 Å². The van der Waals surface area contributed by atoms with Crippen LogP contribution in [0.25, 0.3) is 10.9 Å². The van der Waals surface area contributed by atoms with E-state index in [2.05, 4.69) is 9.55 Å². The summed E-state index contributed by atoms with van der Waals surface area (Å²) in [5.41, 5.74) is 2.36. The molecule has 1 aromatic carbocycles. The predicted molar refractivity (Wildman–Crippen MR) is 97.4 cm³/mol. The third-order valence-electron chi connectivity index (χ3n) is 4.23. The minimum atomic E-state index is -1.32. The number of nitrogens with zero attached hydrogens (tertiary/aromatic N) is 2. The maximum Gasteiger partial charge on any atom is 0.184 e. The largest absolute Gasteiger partial charge is 0.497 e. The molecule has 0 aliphatic carbocycles. The van der Waals surface area contributed by atoms with Crippen LogP contribution in [0.4, 0.5) is 0 Å². The van der Waals surface area contributed by atoms with Gasteiger partial charge in [0.2, 0.25) is 0 Å². The first-order chi connectivity index (χ1) is 12.0. The second-order valence-corrected chi connectivity index (χ2v) is 7.32. The van der Waals surface area contributed by atoms with Crippen LogP contribution in [0.2, 0.25) is 4.47 Å². The SMILES string of the molecule is COc1ccc2c(c1)c(C(O)C(O)OC)c(C)n2Cc1cnc(Cl)s1. The van der Waals surface area contributed by atoms with Crippen LogP contribution in [-0.2, 0) is 11.3 Å². The molecule has 25 heavy (non-hydrogen) atoms. The first-order valence-corrected chi connectivity index (χ1v) is 8.81. The standard InChI is InChI=1S/C17H19ClN2O4S/c1-9-14(15(21)16(22)24-3)12-6-10(23-2)4-5-13(12)20(9)8-11-7-19-17(18)25-11/h4-7,15-16,21-22H,8H2,1-3H3. The van der Waals surface area contributed by atoms with E-state index in [9.17, 15) is 10.2 Å². The van der Waals surface area contributed by atoms with Gasteiger partial charge in [0.25, 0.3) is 0 Å². The number of halogens is 1. The van der Waals surface area contributed by atoms with Gasteiger partial charge in [-0.05, 0) is 25.1 Å². The lowest BCUT2D eigenvalue weighted by atomic mass is 10.0. The normalized spacial score (nSPS) is 14.0. The van der Waals surface area contributed by atoms with Crippen LogP contribution < -0.4 is 4.74 Å². The van der Waals surface area contributed by atoms with E-state index in [0.717, 1.165) is 21.5 Å². The zero-order valence-electron chi connectivity index (χ0n) is 14.1. The molecule has 3 rings (SSSR count). The van der Waals surface area contributed by atoms with E-state index in [1.54, 1.807) is 13.3 Å². The van der Waals surface area contributed by atoms with Gasteiger partial charge >= 0.3 is 0 Å². The summed E-state index contributed by atoms with van der Waals surface area (Å²) >= 11 is 7.34. The molecular weight excluding hydrogens is 364 g/mol. The number of methoxy groups -OCH3 is 2. The molecule has 0 spiro atoms. The molecule has 0 saturated heterocycles. The monoisotopic (exact) mass is 382 g/mol. The van der Waals surface area contributed by atoms with E-state index in [4.69, 9.17) is 21.1 Å². The van der Waals surface area contributed by atoms with Crippen LogP contribution in [0.3, 0.4) is 0 Å². The molecule has 6 nitrogen and oxygen atoms in total. The summed E-state index contributed by atoms with van der Waals surface area (Å²) in [5, 5.41) is 21.3. The van der Waals surface area contributed by atoms with Gasteiger partial charge in [0.15, 0.2) is 10.8 Å². The fourth-order valence-electron chi connectivity index (χ4n) is 2.98. The number of rotatable bonds is 6. The average molecular weight is 383 g/mol. The number of aliphatic hydroxyl groups is 2. The van der Waals surface area contributed by atoms with E-state index < -0.39 is 12.4 Å². The van der Waals surface area contributed by atoms with Crippen molar-refractivity contribution >= 4 is 33.8 Å². The molecule has 2 atom stereocenters. The van der Waals surface area contributed by atoms with Crippen LogP contribution in [0.15, 0.2) is 24.4 Å². The highest BCUT2D eigenvalue weighted by molar-refractivity contribution is 7.15. The fourth-order valence-corrected chi connectivity index (χ4v) is 3.94. The predicted octanol–water partition coefficient (Wildman–Crippen LogP) is 3.11. The van der Waals surface area contributed by atoms with Crippen molar-refractivity contribution in [1.29, 1.82) is 0 Å². The molecule has 2 N–H and O–H groups in total. The summed E-state index contributed by atoms with van der Waals surface area (Å²) in [5.74, 6) is 0.672. The Morgan fingerprint density at radius 1 is 1.32 bits per heavy atom. The molecule has 0 radical (unpaired) electrons. The average Bonchev–Trinajstić information content (AvgIpc) is 3.14. The lowest BCUT2D eigenvalue weighted by molar-refractivity contribution is -0.146. The van der Waals surface area contributed by atoms with Gasteiger partial charge < -0.3 is 24.3 Å². The minimum absolute atomic E-state index is 0.487. The lowest BCUT2D eigenvalue weighted by Gasteiger charge is -2.17. The smallest absolute Gasteiger partial charge is 0.184 e. The van der Waals surface area contributed by atoms with Crippen molar-refractivity contribution in [2.75, 3.05) is 14.2 Å². The van der Waals surface area contributed by atoms with Crippen molar-refractivity contribution in [2.45, 2.75) is 25.9 Å². The molecule has 2 unspecified atom stereocenters. The van der Waals surface area contributed by atoms with Crippen molar-refractivity contribution in [2.24, 2.45) is 0 Å². The van der Waals surface area contributed by atoms with Gasteiger partial charge in [0.05, 0.1) is 13.7 Å². The van der Waals surface area contributed by atoms with Gasteiger partial charge in [-0.2, -0.15) is 0 Å². The van der Waals surface area contributed by atoms with Crippen LogP contribution in [-0.4, -0.2) is 40.3 Å². The number of benzene rings is 1. The maximum absolute atomic E-state index is 10.6. The van der Waals surface area contributed by atoms with Gasteiger partial charge in [-0.25, -0.2) is 4.98 Å². The highest BCUT2D eigenvalue weighted by Gasteiger charge is 2.26. The van der Waals surface area contributed by atoms with Crippen molar-refractivity contribution in [3.63, 3.8) is 0 Å². The van der Waals surface area contributed by atoms with Crippen molar-refractivity contribution in [3.8, 4) is 5.75 Å². The Labute approximate surface area is 154 Å². The molecule has 0 amide bonds. The van der Waals surface area contributed by atoms with E-state index in [1.807, 2.05) is 25.1 Å². The van der Waals surface area contributed by atoms with Gasteiger partial charge in [-0.3, -0.25) is 0 Å². The fraction of sp³-hybridized carbons (Fsp3) is 0.353. The second-order valence-electron chi connectivity index (χ2n) is 5.62. The number of aliphatic hydroxyl groups excluding tert-OH is 2. The summed E-state index contributed by atoms with van der Waals surface area (Å²) in [4.78, 5) is 5.07. The number of hydrogen-bond acceptors (Lipinski definition) is 6. The lowest BCUT2D eigenvalue weighted by Crippen LogP contribution is -2.20. The molecule has 0 aliphatic rings. The number of hydrogen-bond donors (Lipinski definition) is 2. The van der Waals surface area contributed by atoms with E-state index in [-0.39, 0.29) is 0 Å². The maximum atomic E-state index is 10.6. The Morgan fingerprint density at radius 3 is 2.68 bits per heavy atom. The number of aromatic nitrogens is 2. The summed E-state index contributed by atoms with van der Waals surface area (Å²) in [6.45, 7) is 2.46. The number of fused-ring (bicyclic) bond motifs is 1. The molecule has 0 saturated carbocycles. The van der Waals surface area contributed by atoms with E-state index >= 15 is 0 Å². The molecule has 2 heterocycles. The van der Waals surface area contributed by atoms with Gasteiger partial charge in [-0.15, -0.1) is 11.3 Å². The summed E-state index contributed by atoms with van der Waals surface area (Å²) < 4.78 is 12.7. The zero-order chi connectivity index (χ0) is 18.1. The molecule has 3 aromatic rings. The quantitative estimate of drug-likeness (QED) is 0.640. The molecule has 0 fully saturated rings. The van der Waals surface area contributed by atoms with Gasteiger partial charge in [0, 0.05) is 40.3 Å². The molecule has 2 aromatic heterocycles. The molecule has 134 valence electrons. The minimum Gasteiger partial charge on any atom is -0.497 e. The molecule has 8 heteroatoms. The summed E-state index contributed by atoms with van der Waals surface area (Å²) in [6, 6.07) is 5.64. The third kappa shape index (κ3) is 3.38. The van der Waals surface area contributed by atoms with E-state index in [0.29, 0.717) is 22.3 Å². The van der Waals surface area contributed by atoms with Crippen molar-refractivity contribution in [3.05, 3.63) is 45.0 Å². The van der Waals surface area contributed by atoms with Crippen LogP contribution in [0, 0.1) is 6.92 Å². The first kappa shape index (κ1) is 18.2. The summed E-state index contributed by atoms with van der Waals surface area (Å²) in [6.07, 6.45) is -0.755. The van der Waals surface area contributed by atoms with Crippen molar-refractivity contribution < 1.29 is 19.7 Å². The van der Waals surface area contributed by atoms with Gasteiger partial charge in [0.1, 0.15) is 11.9 Å². The molecular formula is C17H19ClN2O4S. The second kappa shape index (κ2) is 7.31. The van der Waals surface area contributed by atoms with Gasteiger partial charge in [-0.1, -0.05) is 11.6 Å². The molecule has 0 bridgehead atoms. The Kier molecular flexibility index (Phi) is 5.31. The summed E-state index contributed by atoms with van der Waals surface area (Å²) in [7, 11) is 2.94. The Morgan fingerprint density at radius 2 is 2.08 bits per heavy atom.